The number of hydrogen-bond acceptors (Lipinski definition) is 4. The van der Waals surface area contributed by atoms with E-state index in [1.165, 1.54) is 24.9 Å². The largest absolute Gasteiger partial charge is 0.484 e. The maximum Gasteiger partial charge on any atom is 0.255 e. The van der Waals surface area contributed by atoms with Crippen molar-refractivity contribution in [3.8, 4) is 5.75 Å². The zero-order chi connectivity index (χ0) is 19.5. The van der Waals surface area contributed by atoms with Crippen LogP contribution in [0.25, 0.3) is 0 Å². The highest BCUT2D eigenvalue weighted by molar-refractivity contribution is 5.79. The van der Waals surface area contributed by atoms with Crippen molar-refractivity contribution >= 4 is 11.9 Å². The second kappa shape index (κ2) is 11.4. The van der Waals surface area contributed by atoms with Gasteiger partial charge >= 0.3 is 0 Å². The molecule has 0 spiro atoms. The molecule has 2 rings (SSSR count). The molecule has 7 nitrogen and oxygen atoms in total. The Bertz CT molecular complexity index is 603. The highest BCUT2D eigenvalue weighted by atomic mass is 16.5. The van der Waals surface area contributed by atoms with Gasteiger partial charge in [-0.3, -0.25) is 14.7 Å². The lowest BCUT2D eigenvalue weighted by molar-refractivity contribution is -0.119. The number of primary amides is 1. The Kier molecular flexibility index (Phi) is 8.91. The van der Waals surface area contributed by atoms with Gasteiger partial charge in [-0.05, 0) is 57.0 Å². The third-order valence-electron chi connectivity index (χ3n) is 4.72. The number of likely N-dealkylation sites (N-methyl/N-ethyl adjacent to an activating group) is 1. The maximum absolute atomic E-state index is 10.7. The van der Waals surface area contributed by atoms with Crippen LogP contribution < -0.4 is 21.1 Å². The van der Waals surface area contributed by atoms with Gasteiger partial charge in [-0.2, -0.15) is 0 Å². The van der Waals surface area contributed by atoms with Crippen LogP contribution in [-0.2, 0) is 11.2 Å². The number of aliphatic imine (C=N–C) groups is 1. The molecule has 0 aliphatic carbocycles. The van der Waals surface area contributed by atoms with Gasteiger partial charge in [-0.1, -0.05) is 19.1 Å². The minimum Gasteiger partial charge on any atom is -0.484 e. The van der Waals surface area contributed by atoms with Gasteiger partial charge < -0.3 is 21.1 Å². The summed E-state index contributed by atoms with van der Waals surface area (Å²) in [5, 5.41) is 6.73. The highest BCUT2D eigenvalue weighted by Gasteiger charge is 2.22. The summed E-state index contributed by atoms with van der Waals surface area (Å²) in [7, 11) is 0. The van der Waals surface area contributed by atoms with E-state index in [0.717, 1.165) is 38.6 Å². The summed E-state index contributed by atoms with van der Waals surface area (Å²) >= 11 is 0. The van der Waals surface area contributed by atoms with Crippen LogP contribution in [0.2, 0.25) is 0 Å². The number of carbonyl (C=O) groups excluding carboxylic acids is 1. The van der Waals surface area contributed by atoms with Crippen molar-refractivity contribution in [2.45, 2.75) is 39.2 Å². The number of guanidine groups is 1. The Morgan fingerprint density at radius 1 is 1.30 bits per heavy atom. The Morgan fingerprint density at radius 3 is 2.74 bits per heavy atom. The maximum atomic E-state index is 10.7. The number of benzene rings is 1. The van der Waals surface area contributed by atoms with Gasteiger partial charge in [-0.15, -0.1) is 0 Å². The normalized spacial score (nSPS) is 17.7. The quantitative estimate of drug-likeness (QED) is 0.421. The number of ether oxygens (including phenoxy) is 1. The summed E-state index contributed by atoms with van der Waals surface area (Å²) < 4.78 is 5.27. The summed E-state index contributed by atoms with van der Waals surface area (Å²) in [4.78, 5) is 18.0. The molecule has 1 aromatic carbocycles. The fourth-order valence-electron chi connectivity index (χ4n) is 3.29. The topological polar surface area (TPSA) is 92.0 Å². The molecule has 1 aliphatic heterocycles. The van der Waals surface area contributed by atoms with Crippen molar-refractivity contribution in [3.05, 3.63) is 29.8 Å². The molecule has 0 aromatic heterocycles. The molecule has 1 unspecified atom stereocenters. The predicted octanol–water partition coefficient (Wildman–Crippen LogP) is 1.13. The SMILES string of the molecule is CCNC(=NCC1CCCN1CC)NCCc1ccc(OCC(N)=O)cc1. The third-order valence-corrected chi connectivity index (χ3v) is 4.72. The molecular formula is C20H33N5O2. The third kappa shape index (κ3) is 7.46. The fourth-order valence-corrected chi connectivity index (χ4v) is 3.29. The van der Waals surface area contributed by atoms with Gasteiger partial charge in [-0.25, -0.2) is 0 Å². The molecule has 150 valence electrons. The number of rotatable bonds is 10. The molecule has 1 aromatic rings. The molecule has 7 heteroatoms. The second-order valence-electron chi connectivity index (χ2n) is 6.72. The van der Waals surface area contributed by atoms with E-state index in [2.05, 4.69) is 29.4 Å². The first-order valence-corrected chi connectivity index (χ1v) is 9.88. The number of nitrogens with one attached hydrogen (secondary N) is 2. The van der Waals surface area contributed by atoms with Crippen LogP contribution in [0.5, 0.6) is 5.75 Å². The Morgan fingerprint density at radius 2 is 2.07 bits per heavy atom. The zero-order valence-electron chi connectivity index (χ0n) is 16.5. The summed E-state index contributed by atoms with van der Waals surface area (Å²) in [6.45, 7) is 8.99. The average Bonchev–Trinajstić information content (AvgIpc) is 3.13. The van der Waals surface area contributed by atoms with Gasteiger partial charge in [0.05, 0.1) is 6.54 Å². The number of hydrogen-bond donors (Lipinski definition) is 3. The molecule has 1 aliphatic rings. The van der Waals surface area contributed by atoms with E-state index in [1.807, 2.05) is 24.3 Å². The number of nitrogens with two attached hydrogens (primary N) is 1. The van der Waals surface area contributed by atoms with E-state index in [4.69, 9.17) is 15.5 Å². The first-order chi connectivity index (χ1) is 13.1. The molecule has 0 saturated carbocycles. The second-order valence-corrected chi connectivity index (χ2v) is 6.72. The first-order valence-electron chi connectivity index (χ1n) is 9.88. The van der Waals surface area contributed by atoms with Crippen LogP contribution >= 0.6 is 0 Å². The van der Waals surface area contributed by atoms with Gasteiger partial charge in [0, 0.05) is 19.1 Å². The lowest BCUT2D eigenvalue weighted by Crippen LogP contribution is -2.40. The van der Waals surface area contributed by atoms with E-state index < -0.39 is 5.91 Å². The van der Waals surface area contributed by atoms with E-state index in [9.17, 15) is 4.79 Å². The van der Waals surface area contributed by atoms with Crippen molar-refractivity contribution in [2.24, 2.45) is 10.7 Å². The minimum absolute atomic E-state index is 0.0974. The molecule has 1 saturated heterocycles. The lowest BCUT2D eigenvalue weighted by atomic mass is 10.1. The molecule has 1 fully saturated rings. The average molecular weight is 376 g/mol. The fraction of sp³-hybridized carbons (Fsp3) is 0.600. The monoisotopic (exact) mass is 375 g/mol. The van der Waals surface area contributed by atoms with Crippen LogP contribution in [-0.4, -0.2) is 62.1 Å². The number of likely N-dealkylation sites (tertiary alicyclic amines) is 1. The van der Waals surface area contributed by atoms with Crippen LogP contribution in [0.4, 0.5) is 0 Å². The van der Waals surface area contributed by atoms with E-state index in [0.29, 0.717) is 11.8 Å². The summed E-state index contributed by atoms with van der Waals surface area (Å²) in [5.74, 6) is 1.05. The molecule has 27 heavy (non-hydrogen) atoms. The van der Waals surface area contributed by atoms with Crippen molar-refractivity contribution in [1.82, 2.24) is 15.5 Å². The van der Waals surface area contributed by atoms with Crippen LogP contribution in [0, 0.1) is 0 Å². The summed E-state index contributed by atoms with van der Waals surface area (Å²) in [6.07, 6.45) is 3.39. The Labute approximate surface area is 162 Å². The van der Waals surface area contributed by atoms with Gasteiger partial charge in [0.15, 0.2) is 12.6 Å². The van der Waals surface area contributed by atoms with Crippen molar-refractivity contribution in [2.75, 3.05) is 39.3 Å². The van der Waals surface area contributed by atoms with Crippen LogP contribution in [0.15, 0.2) is 29.3 Å². The molecule has 1 atom stereocenters. The molecule has 1 heterocycles. The smallest absolute Gasteiger partial charge is 0.255 e. The molecule has 4 N–H and O–H groups in total. The number of carbonyl (C=O) groups is 1. The van der Waals surface area contributed by atoms with E-state index in [-0.39, 0.29) is 6.61 Å². The molecule has 0 radical (unpaired) electrons. The predicted molar refractivity (Wildman–Crippen MR) is 109 cm³/mol. The van der Waals surface area contributed by atoms with Gasteiger partial charge in [0.1, 0.15) is 5.75 Å². The Balaban J connectivity index is 1.78. The minimum atomic E-state index is -0.474. The highest BCUT2D eigenvalue weighted by Crippen LogP contribution is 2.16. The zero-order valence-corrected chi connectivity index (χ0v) is 16.5. The molecule has 0 bridgehead atoms. The first kappa shape index (κ1) is 21.0. The summed E-state index contributed by atoms with van der Waals surface area (Å²) in [6, 6.07) is 8.28. The van der Waals surface area contributed by atoms with Crippen LogP contribution in [0.3, 0.4) is 0 Å². The number of amides is 1. The Hall–Kier alpha value is -2.28. The summed E-state index contributed by atoms with van der Waals surface area (Å²) in [5.41, 5.74) is 6.27. The molecular weight excluding hydrogens is 342 g/mol. The van der Waals surface area contributed by atoms with Gasteiger partial charge in [0.25, 0.3) is 5.91 Å². The molecule has 1 amide bonds. The van der Waals surface area contributed by atoms with E-state index >= 15 is 0 Å². The lowest BCUT2D eigenvalue weighted by Gasteiger charge is -2.21. The van der Waals surface area contributed by atoms with E-state index in [1.54, 1.807) is 0 Å². The standard InChI is InChI=1S/C20H33N5O2/c1-3-22-20(24-14-17-6-5-13-25(17)4-2)23-12-11-16-7-9-18(10-8-16)27-15-19(21)26/h7-10,17H,3-6,11-15H2,1-2H3,(H2,21,26)(H2,22,23,24). The number of nitrogens with zero attached hydrogens (tertiary/aromatic N) is 2. The van der Waals surface area contributed by atoms with Crippen LogP contribution in [0.1, 0.15) is 32.3 Å². The van der Waals surface area contributed by atoms with Gasteiger partial charge in [0.2, 0.25) is 0 Å². The van der Waals surface area contributed by atoms with Crippen molar-refractivity contribution < 1.29 is 9.53 Å². The van der Waals surface area contributed by atoms with Crippen molar-refractivity contribution in [3.63, 3.8) is 0 Å². The van der Waals surface area contributed by atoms with Crippen molar-refractivity contribution in [1.29, 1.82) is 0 Å².